The Hall–Kier alpha value is -1.33. The van der Waals surface area contributed by atoms with Crippen molar-refractivity contribution >= 4 is 16.9 Å². The van der Waals surface area contributed by atoms with Crippen LogP contribution in [0.25, 0.3) is 5.70 Å². The molecule has 0 aliphatic carbocycles. The number of nitrogens with zero attached hydrogens (tertiary/aromatic N) is 2. The quantitative estimate of drug-likeness (QED) is 0.904. The molecule has 0 saturated carbocycles. The molecule has 2 rings (SSSR count). The first kappa shape index (κ1) is 13.1. The summed E-state index contributed by atoms with van der Waals surface area (Å²) in [4.78, 5) is 0. The van der Waals surface area contributed by atoms with Gasteiger partial charge in [0.05, 0.1) is 11.4 Å². The van der Waals surface area contributed by atoms with Gasteiger partial charge in [0, 0.05) is 14.1 Å². The highest BCUT2D eigenvalue weighted by molar-refractivity contribution is 7.80. The predicted molar refractivity (Wildman–Crippen MR) is 75.3 cm³/mol. The number of rotatable bonds is 3. The Morgan fingerprint density at radius 3 is 2.44 bits per heavy atom. The van der Waals surface area contributed by atoms with Crippen LogP contribution in [0, 0.1) is 0 Å². The van der Waals surface area contributed by atoms with Gasteiger partial charge in [-0.15, -0.1) is 0 Å². The minimum Gasteiger partial charge on any atom is -0.363 e. The first-order valence-corrected chi connectivity index (χ1v) is 7.00. The molecule has 98 valence electrons. The summed E-state index contributed by atoms with van der Waals surface area (Å²) in [6.07, 6.45) is 0.0310. The van der Waals surface area contributed by atoms with Crippen molar-refractivity contribution in [3.63, 3.8) is 0 Å². The summed E-state index contributed by atoms with van der Waals surface area (Å²) in [7, 11) is 3.63. The van der Waals surface area contributed by atoms with Crippen molar-refractivity contribution < 1.29 is 4.21 Å². The smallest absolute Gasteiger partial charge is 0.200 e. The maximum absolute atomic E-state index is 12.2. The molecule has 1 aliphatic heterocycles. The minimum absolute atomic E-state index is 0.0310. The summed E-state index contributed by atoms with van der Waals surface area (Å²) in [5.74, 6) is 0. The van der Waals surface area contributed by atoms with E-state index < -0.39 is 11.2 Å². The number of hydrogen-bond donors (Lipinski definition) is 1. The predicted octanol–water partition coefficient (Wildman–Crippen LogP) is 1.77. The molecule has 2 atom stereocenters. The van der Waals surface area contributed by atoms with E-state index in [2.05, 4.69) is 17.4 Å². The molecule has 4 nitrogen and oxygen atoms in total. The van der Waals surface area contributed by atoms with Crippen molar-refractivity contribution in [3.8, 4) is 0 Å². The molecule has 0 radical (unpaired) electrons. The number of allylic oxidation sites excluding steroid dienone is 1. The van der Waals surface area contributed by atoms with Crippen LogP contribution >= 0.6 is 0 Å². The van der Waals surface area contributed by atoms with Crippen molar-refractivity contribution in [1.82, 2.24) is 13.9 Å². The van der Waals surface area contributed by atoms with Gasteiger partial charge >= 0.3 is 0 Å². The van der Waals surface area contributed by atoms with E-state index in [1.807, 2.05) is 50.4 Å². The molecule has 1 N–H and O–H groups in total. The van der Waals surface area contributed by atoms with Crippen LogP contribution < -0.4 is 5.32 Å². The average molecular weight is 265 g/mol. The van der Waals surface area contributed by atoms with E-state index in [1.54, 1.807) is 4.31 Å². The lowest BCUT2D eigenvalue weighted by atomic mass is 10.1. The molecule has 1 aromatic carbocycles. The third-order valence-corrected chi connectivity index (χ3v) is 4.49. The third kappa shape index (κ3) is 2.28. The molecule has 0 saturated heterocycles. The second-order valence-electron chi connectivity index (χ2n) is 4.52. The van der Waals surface area contributed by atoms with Gasteiger partial charge in [0.2, 0.25) is 0 Å². The zero-order valence-electron chi connectivity index (χ0n) is 11.2. The van der Waals surface area contributed by atoms with Gasteiger partial charge in [-0.05, 0) is 19.4 Å². The van der Waals surface area contributed by atoms with E-state index in [0.29, 0.717) is 0 Å². The second-order valence-corrected chi connectivity index (χ2v) is 6.10. The van der Waals surface area contributed by atoms with Crippen molar-refractivity contribution in [2.24, 2.45) is 0 Å². The molecular formula is C13H19N3OS. The van der Waals surface area contributed by atoms with Crippen LogP contribution in [0.15, 0.2) is 36.0 Å². The largest absolute Gasteiger partial charge is 0.363 e. The number of benzene rings is 1. The number of hydrogen-bond acceptors (Lipinski definition) is 2. The van der Waals surface area contributed by atoms with Gasteiger partial charge in [0.25, 0.3) is 0 Å². The lowest BCUT2D eigenvalue weighted by Gasteiger charge is -2.26. The van der Waals surface area contributed by atoms with Gasteiger partial charge in [-0.25, -0.2) is 8.51 Å². The van der Waals surface area contributed by atoms with Gasteiger partial charge in [0.15, 0.2) is 11.2 Å². The first-order chi connectivity index (χ1) is 8.52. The monoisotopic (exact) mass is 265 g/mol. The fourth-order valence-corrected chi connectivity index (χ4v) is 3.10. The van der Waals surface area contributed by atoms with Gasteiger partial charge in [-0.2, -0.15) is 0 Å². The molecule has 1 aliphatic rings. The van der Waals surface area contributed by atoms with Crippen LogP contribution in [0.5, 0.6) is 0 Å². The van der Waals surface area contributed by atoms with Crippen molar-refractivity contribution in [2.45, 2.75) is 20.0 Å². The molecule has 5 heteroatoms. The topological polar surface area (TPSA) is 35.6 Å². The van der Waals surface area contributed by atoms with E-state index in [4.69, 9.17) is 0 Å². The first-order valence-electron chi connectivity index (χ1n) is 5.93. The molecule has 2 unspecified atom stereocenters. The van der Waals surface area contributed by atoms with Gasteiger partial charge in [0.1, 0.15) is 6.17 Å². The van der Waals surface area contributed by atoms with Crippen molar-refractivity contribution in [3.05, 3.63) is 41.6 Å². The summed E-state index contributed by atoms with van der Waals surface area (Å²) >= 11 is -1.16. The zero-order chi connectivity index (χ0) is 13.3. The summed E-state index contributed by atoms with van der Waals surface area (Å²) < 4.78 is 15.8. The lowest BCUT2D eigenvalue weighted by Crippen LogP contribution is -2.40. The maximum atomic E-state index is 12.2. The van der Waals surface area contributed by atoms with Crippen LogP contribution in [0.4, 0.5) is 0 Å². The average Bonchev–Trinajstić information content (AvgIpc) is 2.65. The van der Waals surface area contributed by atoms with E-state index in [-0.39, 0.29) is 6.17 Å². The standard InChI is InChI=1S/C13H19N3OS/c1-10-13(12-8-6-5-7-9-12)14-11(2)16(10)18(17)15(3)4/h5-9,11,14H,1-4H3. The third-order valence-electron chi connectivity index (χ3n) is 2.94. The van der Waals surface area contributed by atoms with Crippen LogP contribution in [-0.4, -0.2) is 33.1 Å². The fraction of sp³-hybridized carbons (Fsp3) is 0.385. The fourth-order valence-electron chi connectivity index (χ4n) is 2.10. The Labute approximate surface area is 111 Å². The molecule has 1 heterocycles. The van der Waals surface area contributed by atoms with Crippen molar-refractivity contribution in [1.29, 1.82) is 0 Å². The maximum Gasteiger partial charge on any atom is 0.200 e. The number of nitrogens with one attached hydrogen (secondary N) is 1. The normalized spacial score (nSPS) is 21.4. The summed E-state index contributed by atoms with van der Waals surface area (Å²) in [5.41, 5.74) is 3.19. The minimum atomic E-state index is -1.16. The van der Waals surface area contributed by atoms with Crippen LogP contribution in [0.1, 0.15) is 19.4 Å². The molecule has 0 amide bonds. The summed E-state index contributed by atoms with van der Waals surface area (Å²) in [6.45, 7) is 4.01. The van der Waals surface area contributed by atoms with Crippen LogP contribution in [0.3, 0.4) is 0 Å². The van der Waals surface area contributed by atoms with E-state index >= 15 is 0 Å². The Kier molecular flexibility index (Phi) is 3.73. The molecule has 0 fully saturated rings. The highest BCUT2D eigenvalue weighted by Gasteiger charge is 2.31. The Balaban J connectivity index is 2.36. The van der Waals surface area contributed by atoms with E-state index in [1.165, 1.54) is 0 Å². The Bertz CT molecular complexity index is 484. The second kappa shape index (κ2) is 5.12. The Morgan fingerprint density at radius 1 is 1.28 bits per heavy atom. The molecule has 0 aromatic heterocycles. The van der Waals surface area contributed by atoms with E-state index in [0.717, 1.165) is 17.0 Å². The highest BCUT2D eigenvalue weighted by Crippen LogP contribution is 2.28. The molecular weight excluding hydrogens is 246 g/mol. The van der Waals surface area contributed by atoms with Gasteiger partial charge in [-0.3, -0.25) is 4.31 Å². The van der Waals surface area contributed by atoms with Gasteiger partial charge in [-0.1, -0.05) is 30.3 Å². The molecule has 0 bridgehead atoms. The van der Waals surface area contributed by atoms with Crippen molar-refractivity contribution in [2.75, 3.05) is 14.1 Å². The van der Waals surface area contributed by atoms with Gasteiger partial charge < -0.3 is 5.32 Å². The Morgan fingerprint density at radius 2 is 1.89 bits per heavy atom. The van der Waals surface area contributed by atoms with Crippen LogP contribution in [0.2, 0.25) is 0 Å². The molecule has 1 aromatic rings. The van der Waals surface area contributed by atoms with Crippen LogP contribution in [-0.2, 0) is 11.2 Å². The summed E-state index contributed by atoms with van der Waals surface area (Å²) in [6, 6.07) is 10.1. The SMILES string of the molecule is CC1=C(c2ccccc2)NC(C)N1S(=O)N(C)C. The van der Waals surface area contributed by atoms with E-state index in [9.17, 15) is 4.21 Å². The highest BCUT2D eigenvalue weighted by atomic mass is 32.2. The summed E-state index contributed by atoms with van der Waals surface area (Å²) in [5, 5.41) is 3.39. The molecule has 0 spiro atoms. The lowest BCUT2D eigenvalue weighted by molar-refractivity contribution is 0.409. The molecule has 18 heavy (non-hydrogen) atoms. The zero-order valence-corrected chi connectivity index (χ0v) is 12.0.